The van der Waals surface area contributed by atoms with Crippen LogP contribution in [0.15, 0.2) is 0 Å². The van der Waals surface area contributed by atoms with E-state index in [0.717, 1.165) is 0 Å². The van der Waals surface area contributed by atoms with Crippen molar-refractivity contribution in [3.63, 3.8) is 0 Å². The number of unbranched alkanes of at least 4 members (excludes halogenated alkanes) is 1. The molecule has 0 aromatic carbocycles. The molecule has 0 aliphatic rings. The second-order valence-electron chi connectivity index (χ2n) is 1.52. The molecule has 0 saturated heterocycles. The summed E-state index contributed by atoms with van der Waals surface area (Å²) < 4.78 is 26.9. The van der Waals surface area contributed by atoms with Crippen LogP contribution in [0.3, 0.4) is 0 Å². The lowest BCUT2D eigenvalue weighted by atomic mass is 10.2. The highest BCUT2D eigenvalue weighted by atomic mass is 16.3. The van der Waals surface area contributed by atoms with Crippen LogP contribution in [0.25, 0.3) is 0 Å². The van der Waals surface area contributed by atoms with E-state index in [1.165, 1.54) is 0 Å². The highest BCUT2D eigenvalue weighted by Gasteiger charge is 1.84. The minimum atomic E-state index is -2.18. The van der Waals surface area contributed by atoms with E-state index in [9.17, 15) is 0 Å². The molecule has 2 nitrogen and oxygen atoms in total. The Balaban J connectivity index is 3.35. The number of rotatable bonds is 5. The summed E-state index contributed by atoms with van der Waals surface area (Å²) in [6.07, 6.45) is 0.680. The third-order valence-electron chi connectivity index (χ3n) is 0.827. The monoisotopic (exact) mass is 122 g/mol. The molecule has 0 aliphatic heterocycles. The van der Waals surface area contributed by atoms with Crippen LogP contribution in [-0.4, -0.2) is 23.3 Å². The summed E-state index contributed by atoms with van der Waals surface area (Å²) in [4.78, 5) is 0. The van der Waals surface area contributed by atoms with E-state index in [2.05, 4.69) is 0 Å². The second kappa shape index (κ2) is 6.92. The second-order valence-corrected chi connectivity index (χ2v) is 1.52. The van der Waals surface area contributed by atoms with Gasteiger partial charge in [-0.3, -0.25) is 0 Å². The minimum absolute atomic E-state index is 0.0247. The van der Waals surface area contributed by atoms with Crippen LogP contribution < -0.4 is 0 Å². The molecular formula is C6H14O2. The van der Waals surface area contributed by atoms with E-state index in [1.807, 2.05) is 0 Å². The molecule has 2 heteroatoms. The van der Waals surface area contributed by atoms with E-state index in [1.54, 1.807) is 0 Å². The van der Waals surface area contributed by atoms with Gasteiger partial charge >= 0.3 is 0 Å². The van der Waals surface area contributed by atoms with Crippen LogP contribution in [0.1, 0.15) is 31.2 Å². The zero-order valence-corrected chi connectivity index (χ0v) is 4.72. The van der Waals surface area contributed by atoms with Crippen molar-refractivity contribution in [1.29, 1.82) is 0 Å². The molecule has 0 rings (SSSR count). The van der Waals surface area contributed by atoms with Crippen LogP contribution in [0.5, 0.6) is 0 Å². The maximum atomic E-state index is 8.62. The highest BCUT2D eigenvalue weighted by molar-refractivity contribution is 4.39. The van der Waals surface area contributed by atoms with Gasteiger partial charge in [-0.1, -0.05) is 12.8 Å². The van der Waals surface area contributed by atoms with E-state index in [0.29, 0.717) is 12.8 Å². The first-order valence-corrected chi connectivity index (χ1v) is 2.65. The summed E-state index contributed by atoms with van der Waals surface area (Å²) in [7, 11) is 0. The summed E-state index contributed by atoms with van der Waals surface area (Å²) in [6.45, 7) is -4.36. The molecule has 0 bridgehead atoms. The fourth-order valence-electron chi connectivity index (χ4n) is 0.408. The van der Waals surface area contributed by atoms with Crippen molar-refractivity contribution in [1.82, 2.24) is 0 Å². The van der Waals surface area contributed by atoms with Crippen LogP contribution in [0, 0.1) is 0 Å². The van der Waals surface area contributed by atoms with Gasteiger partial charge in [-0.25, -0.2) is 0 Å². The zero-order valence-electron chi connectivity index (χ0n) is 8.72. The fraction of sp³-hybridized carbons (Fsp3) is 1.00. The largest absolute Gasteiger partial charge is 0.396 e. The first-order valence-electron chi connectivity index (χ1n) is 4.65. The molecule has 0 fully saturated rings. The molecule has 0 radical (unpaired) electrons. The third kappa shape index (κ3) is 5.92. The van der Waals surface area contributed by atoms with Crippen molar-refractivity contribution in [3.8, 4) is 0 Å². The Morgan fingerprint density at radius 1 is 0.875 bits per heavy atom. The predicted molar refractivity (Wildman–Crippen MR) is 32.6 cm³/mol. The summed E-state index contributed by atoms with van der Waals surface area (Å²) in [5, 5.41) is 17.2. The lowest BCUT2D eigenvalue weighted by Crippen LogP contribution is -1.85. The van der Waals surface area contributed by atoms with Gasteiger partial charge < -0.3 is 10.2 Å². The minimum Gasteiger partial charge on any atom is -0.396 e. The first-order chi connectivity index (χ1) is 5.21. The van der Waals surface area contributed by atoms with E-state index < -0.39 is 13.1 Å². The third-order valence-corrected chi connectivity index (χ3v) is 0.827. The molecule has 0 saturated carbocycles. The van der Waals surface area contributed by atoms with Gasteiger partial charge in [0.15, 0.2) is 0 Å². The average Bonchev–Trinajstić information content (AvgIpc) is 1.76. The van der Waals surface area contributed by atoms with Crippen molar-refractivity contribution in [2.45, 2.75) is 25.7 Å². The zero-order chi connectivity index (χ0) is 9.83. The number of hydrogen-bond acceptors (Lipinski definition) is 2. The maximum absolute atomic E-state index is 8.62. The van der Waals surface area contributed by atoms with E-state index in [4.69, 9.17) is 15.7 Å². The maximum Gasteiger partial charge on any atom is 0.0564 e. The predicted octanol–water partition coefficient (Wildman–Crippen LogP) is 0.531. The van der Waals surface area contributed by atoms with Crippen molar-refractivity contribution in [2.75, 3.05) is 13.1 Å². The van der Waals surface area contributed by atoms with Gasteiger partial charge in [0.1, 0.15) is 0 Å². The average molecular weight is 122 g/mol. The van der Waals surface area contributed by atoms with Crippen LogP contribution in [0.4, 0.5) is 0 Å². The molecule has 0 amide bonds. The Kier molecular flexibility index (Phi) is 2.75. The molecule has 0 heterocycles. The van der Waals surface area contributed by atoms with Crippen molar-refractivity contribution >= 4 is 0 Å². The van der Waals surface area contributed by atoms with Gasteiger partial charge in [0.25, 0.3) is 0 Å². The standard InChI is InChI=1S/C6H14O2/c7-5-3-1-2-4-6-8/h7-8H,1-6H2/i5D2,6D2. The SMILES string of the molecule is [2H]C([2H])(O)CCCCC([2H])([2H])O. The van der Waals surface area contributed by atoms with Gasteiger partial charge in [0.2, 0.25) is 0 Å². The van der Waals surface area contributed by atoms with E-state index >= 15 is 0 Å². The lowest BCUT2D eigenvalue weighted by molar-refractivity contribution is 0.265. The normalized spacial score (nSPS) is 20.8. The van der Waals surface area contributed by atoms with Crippen molar-refractivity contribution in [2.24, 2.45) is 0 Å². The molecule has 0 aliphatic carbocycles. The molecule has 0 atom stereocenters. The molecular weight excluding hydrogens is 104 g/mol. The highest BCUT2D eigenvalue weighted by Crippen LogP contribution is 1.96. The Labute approximate surface area is 55.8 Å². The van der Waals surface area contributed by atoms with Crippen LogP contribution in [0.2, 0.25) is 0 Å². The van der Waals surface area contributed by atoms with Crippen molar-refractivity contribution in [3.05, 3.63) is 0 Å². The fourth-order valence-corrected chi connectivity index (χ4v) is 0.408. The molecule has 8 heavy (non-hydrogen) atoms. The summed E-state index contributed by atoms with van der Waals surface area (Å²) in [6, 6.07) is 0. The van der Waals surface area contributed by atoms with Gasteiger partial charge in [-0.2, -0.15) is 0 Å². The molecule has 0 unspecified atom stereocenters. The van der Waals surface area contributed by atoms with Gasteiger partial charge in [-0.05, 0) is 12.8 Å². The quantitative estimate of drug-likeness (QED) is 0.522. The Morgan fingerprint density at radius 3 is 1.50 bits per heavy atom. The Morgan fingerprint density at radius 2 is 1.25 bits per heavy atom. The molecule has 50 valence electrons. The molecule has 2 N–H and O–H groups in total. The Hall–Kier alpha value is -0.0800. The topological polar surface area (TPSA) is 40.5 Å². The van der Waals surface area contributed by atoms with E-state index in [-0.39, 0.29) is 12.8 Å². The molecule has 0 aromatic heterocycles. The Bertz CT molecular complexity index is 110. The lowest BCUT2D eigenvalue weighted by Gasteiger charge is -1.93. The summed E-state index contributed by atoms with van der Waals surface area (Å²) in [5.74, 6) is 0. The summed E-state index contributed by atoms with van der Waals surface area (Å²) >= 11 is 0. The van der Waals surface area contributed by atoms with Gasteiger partial charge in [-0.15, -0.1) is 0 Å². The van der Waals surface area contributed by atoms with Gasteiger partial charge in [0, 0.05) is 13.1 Å². The number of hydrogen-bond donors (Lipinski definition) is 2. The van der Waals surface area contributed by atoms with Crippen molar-refractivity contribution < 1.29 is 15.7 Å². The van der Waals surface area contributed by atoms with Crippen LogP contribution in [-0.2, 0) is 0 Å². The smallest absolute Gasteiger partial charge is 0.0564 e. The van der Waals surface area contributed by atoms with Gasteiger partial charge in [0.05, 0.1) is 5.48 Å². The molecule has 0 aromatic rings. The number of aliphatic hydroxyl groups is 2. The molecule has 0 spiro atoms. The van der Waals surface area contributed by atoms with Crippen LogP contribution >= 0.6 is 0 Å². The summed E-state index contributed by atoms with van der Waals surface area (Å²) in [5.41, 5.74) is 0. The first kappa shape index (κ1) is 3.18.